The molecule has 0 atom stereocenters. The predicted octanol–water partition coefficient (Wildman–Crippen LogP) is 5.62. The maximum Gasteiger partial charge on any atom is 0.500 e. The van der Waals surface area contributed by atoms with Crippen LogP contribution in [-0.2, 0) is 27.5 Å². The summed E-state index contributed by atoms with van der Waals surface area (Å²) in [7, 11) is -0.740. The van der Waals surface area contributed by atoms with Gasteiger partial charge in [0.05, 0.1) is 13.2 Å². The van der Waals surface area contributed by atoms with Crippen LogP contribution in [0.2, 0.25) is 6.04 Å². The van der Waals surface area contributed by atoms with Crippen LogP contribution in [0.4, 0.5) is 0 Å². The van der Waals surface area contributed by atoms with Gasteiger partial charge in [-0.3, -0.25) is 0 Å². The summed E-state index contributed by atoms with van der Waals surface area (Å²) < 4.78 is 33.7. The van der Waals surface area contributed by atoms with Crippen LogP contribution >= 0.6 is 0 Å². The van der Waals surface area contributed by atoms with Crippen molar-refractivity contribution in [3.63, 3.8) is 0 Å². The summed E-state index contributed by atoms with van der Waals surface area (Å²) in [5, 5.41) is 0. The minimum atomic E-state index is -2.43. The van der Waals surface area contributed by atoms with E-state index in [4.69, 9.17) is 27.5 Å². The quantitative estimate of drug-likeness (QED) is 0.133. The second-order valence-electron chi connectivity index (χ2n) is 7.49. The van der Waals surface area contributed by atoms with E-state index in [1.54, 1.807) is 7.11 Å². The lowest BCUT2D eigenvalue weighted by Crippen LogP contribution is -2.45. The fourth-order valence-electron chi connectivity index (χ4n) is 3.39. The van der Waals surface area contributed by atoms with Gasteiger partial charge in [-0.05, 0) is 40.0 Å². The van der Waals surface area contributed by atoms with Crippen LogP contribution in [0, 0.1) is 0 Å². The predicted molar refractivity (Wildman–Crippen MR) is 125 cm³/mol. The van der Waals surface area contributed by atoms with Crippen LogP contribution in [0.5, 0.6) is 0 Å². The zero-order valence-corrected chi connectivity index (χ0v) is 21.4. The van der Waals surface area contributed by atoms with Gasteiger partial charge in [0, 0.05) is 52.8 Å². The van der Waals surface area contributed by atoms with Gasteiger partial charge in [0.15, 0.2) is 0 Å². The molecule has 0 aliphatic heterocycles. The molecule has 0 fully saturated rings. The molecule has 0 aliphatic rings. The fraction of sp³-hybridized carbons (Fsp3) is 1.00. The number of methoxy groups -OCH3 is 1. The summed E-state index contributed by atoms with van der Waals surface area (Å²) in [6.45, 7) is 11.8. The van der Waals surface area contributed by atoms with Crippen molar-refractivity contribution in [2.24, 2.45) is 0 Å². The van der Waals surface area contributed by atoms with E-state index < -0.39 is 8.80 Å². The first kappa shape index (κ1) is 30.0. The molecule has 30 heavy (non-hydrogen) atoms. The lowest BCUT2D eigenvalue weighted by Gasteiger charge is -2.28. The number of hydrogen-bond donors (Lipinski definition) is 0. The first-order chi connectivity index (χ1) is 14.7. The Kier molecular flexibility index (Phi) is 23.6. The summed E-state index contributed by atoms with van der Waals surface area (Å²) in [4.78, 5) is 0. The molecule has 0 rings (SSSR count). The summed E-state index contributed by atoms with van der Waals surface area (Å²) in [5.41, 5.74) is 0. The van der Waals surface area contributed by atoms with Crippen LogP contribution in [0.15, 0.2) is 0 Å². The number of hydrogen-bond acceptors (Lipinski definition) is 6. The Bertz CT molecular complexity index is 316. The highest BCUT2D eigenvalue weighted by molar-refractivity contribution is 6.60. The minimum Gasteiger partial charge on any atom is -0.382 e. The highest BCUT2D eigenvalue weighted by Crippen LogP contribution is 2.21. The molecule has 0 spiro atoms. The third-order valence-corrected chi connectivity index (χ3v) is 8.02. The molecule has 182 valence electrons. The van der Waals surface area contributed by atoms with Gasteiger partial charge in [-0.2, -0.15) is 0 Å². The maximum atomic E-state index is 5.92. The maximum absolute atomic E-state index is 5.92. The average molecular weight is 451 g/mol. The SMILES string of the molecule is CCO[Si](CCCCCCCCCCCOCCCOCCOC)(OCC)OCC. The van der Waals surface area contributed by atoms with Gasteiger partial charge in [-0.15, -0.1) is 0 Å². The van der Waals surface area contributed by atoms with Crippen LogP contribution in [0.1, 0.15) is 85.0 Å². The normalized spacial score (nSPS) is 12.0. The molecule has 0 unspecified atom stereocenters. The Morgan fingerprint density at radius 3 is 1.40 bits per heavy atom. The topological polar surface area (TPSA) is 55.4 Å². The highest BCUT2D eigenvalue weighted by Gasteiger charge is 2.39. The number of rotatable bonds is 25. The third-order valence-electron chi connectivity index (χ3n) is 4.87. The van der Waals surface area contributed by atoms with Gasteiger partial charge < -0.3 is 27.5 Å². The molecular weight excluding hydrogens is 400 g/mol. The van der Waals surface area contributed by atoms with Gasteiger partial charge in [0.25, 0.3) is 0 Å². The zero-order valence-electron chi connectivity index (χ0n) is 20.4. The first-order valence-corrected chi connectivity index (χ1v) is 14.2. The molecule has 0 saturated heterocycles. The van der Waals surface area contributed by atoms with E-state index in [-0.39, 0.29) is 0 Å². The summed E-state index contributed by atoms with van der Waals surface area (Å²) in [6.07, 6.45) is 12.4. The van der Waals surface area contributed by atoms with E-state index in [9.17, 15) is 0 Å². The molecule has 6 nitrogen and oxygen atoms in total. The van der Waals surface area contributed by atoms with Crippen LogP contribution in [0.25, 0.3) is 0 Å². The third kappa shape index (κ3) is 18.7. The smallest absolute Gasteiger partial charge is 0.382 e. The molecule has 0 aromatic heterocycles. The molecule has 0 radical (unpaired) electrons. The van der Waals surface area contributed by atoms with Crippen molar-refractivity contribution in [2.45, 2.75) is 91.0 Å². The van der Waals surface area contributed by atoms with Gasteiger partial charge in [-0.25, -0.2) is 0 Å². The summed E-state index contributed by atoms with van der Waals surface area (Å²) >= 11 is 0. The molecule has 0 heterocycles. The molecule has 0 bridgehead atoms. The summed E-state index contributed by atoms with van der Waals surface area (Å²) in [5.74, 6) is 0. The van der Waals surface area contributed by atoms with Gasteiger partial charge >= 0.3 is 8.80 Å². The van der Waals surface area contributed by atoms with Crippen molar-refractivity contribution < 1.29 is 27.5 Å². The van der Waals surface area contributed by atoms with Crippen LogP contribution < -0.4 is 0 Å². The van der Waals surface area contributed by atoms with Gasteiger partial charge in [-0.1, -0.05) is 44.9 Å². The lowest BCUT2D eigenvalue weighted by molar-refractivity contribution is 0.0508. The molecule has 0 aromatic carbocycles. The lowest BCUT2D eigenvalue weighted by atomic mass is 10.1. The average Bonchev–Trinajstić information content (AvgIpc) is 2.73. The molecule has 0 aliphatic carbocycles. The Labute approximate surface area is 187 Å². The largest absolute Gasteiger partial charge is 0.500 e. The first-order valence-electron chi connectivity index (χ1n) is 12.3. The van der Waals surface area contributed by atoms with Crippen molar-refractivity contribution in [1.29, 1.82) is 0 Å². The molecule has 7 heteroatoms. The van der Waals surface area contributed by atoms with Gasteiger partial charge in [0.2, 0.25) is 0 Å². The molecule has 0 amide bonds. The zero-order chi connectivity index (χ0) is 22.2. The van der Waals surface area contributed by atoms with Crippen molar-refractivity contribution in [2.75, 3.05) is 60.0 Å². The van der Waals surface area contributed by atoms with E-state index in [0.717, 1.165) is 38.7 Å². The minimum absolute atomic E-state index is 0.666. The van der Waals surface area contributed by atoms with Crippen molar-refractivity contribution in [3.05, 3.63) is 0 Å². The van der Waals surface area contributed by atoms with Crippen molar-refractivity contribution in [3.8, 4) is 0 Å². The second kappa shape index (κ2) is 23.6. The van der Waals surface area contributed by atoms with Crippen molar-refractivity contribution in [1.82, 2.24) is 0 Å². The molecule has 0 N–H and O–H groups in total. The highest BCUT2D eigenvalue weighted by atomic mass is 28.4. The Morgan fingerprint density at radius 1 is 0.467 bits per heavy atom. The van der Waals surface area contributed by atoms with E-state index in [1.165, 1.54) is 51.4 Å². The standard InChI is InChI=1S/C23H50O6Si/c1-5-27-30(28-6-2,29-7-3)23-16-14-12-10-8-9-11-13-15-18-25-19-17-20-26-22-21-24-4/h5-23H2,1-4H3. The Morgan fingerprint density at radius 2 is 0.900 bits per heavy atom. The molecule has 0 aromatic rings. The Balaban J connectivity index is 3.41. The summed E-state index contributed by atoms with van der Waals surface area (Å²) in [6, 6.07) is 0.946. The fourth-order valence-corrected chi connectivity index (χ4v) is 6.08. The molecular formula is C23H50O6Si. The Hall–Kier alpha value is -0.0231. The van der Waals surface area contributed by atoms with E-state index in [2.05, 4.69) is 0 Å². The van der Waals surface area contributed by atoms with E-state index >= 15 is 0 Å². The van der Waals surface area contributed by atoms with E-state index in [0.29, 0.717) is 33.0 Å². The number of ether oxygens (including phenoxy) is 3. The van der Waals surface area contributed by atoms with E-state index in [1.807, 2.05) is 20.8 Å². The number of unbranched alkanes of at least 4 members (excludes halogenated alkanes) is 8. The van der Waals surface area contributed by atoms with Gasteiger partial charge in [0.1, 0.15) is 0 Å². The van der Waals surface area contributed by atoms with Crippen molar-refractivity contribution >= 4 is 8.80 Å². The van der Waals surface area contributed by atoms with Crippen LogP contribution in [0.3, 0.4) is 0 Å². The monoisotopic (exact) mass is 450 g/mol. The second-order valence-corrected chi connectivity index (χ2v) is 10.2. The van der Waals surface area contributed by atoms with Crippen LogP contribution in [-0.4, -0.2) is 68.8 Å². The molecule has 0 saturated carbocycles.